The average Bonchev–Trinajstić information content (AvgIpc) is 3.49. The molecule has 50 heavy (non-hydrogen) atoms. The van der Waals surface area contributed by atoms with Crippen molar-refractivity contribution in [1.29, 1.82) is 0 Å². The molecular weight excluding hydrogens is 691 g/mol. The number of thioether (sulfide) groups is 2. The molecule has 2 aromatic rings. The molecule has 0 radical (unpaired) electrons. The Bertz CT molecular complexity index is 1700. The van der Waals surface area contributed by atoms with Gasteiger partial charge in [0.15, 0.2) is 0 Å². The summed E-state index contributed by atoms with van der Waals surface area (Å²) in [4.78, 5) is 75.6. The largest absolute Gasteiger partial charge is 0.496 e. The Balaban J connectivity index is 0.000000195. The van der Waals surface area contributed by atoms with Crippen LogP contribution in [0.4, 0.5) is 0 Å². The number of nitrogens with one attached hydrogen (secondary N) is 2. The molecule has 17 heteroatoms. The van der Waals surface area contributed by atoms with Crippen LogP contribution in [-0.4, -0.2) is 114 Å². The lowest BCUT2D eigenvalue weighted by molar-refractivity contribution is -0.161. The summed E-state index contributed by atoms with van der Waals surface area (Å²) in [5.41, 5.74) is 6.79. The lowest BCUT2D eigenvalue weighted by Crippen LogP contribution is -2.71. The van der Waals surface area contributed by atoms with Crippen LogP contribution in [0.1, 0.15) is 49.7 Å². The molecule has 4 heterocycles. The van der Waals surface area contributed by atoms with Crippen molar-refractivity contribution >= 4 is 59.1 Å². The number of carbonyl (C=O) groups excluding carboxylic acids is 4. The van der Waals surface area contributed by atoms with Crippen molar-refractivity contribution in [3.63, 3.8) is 0 Å². The van der Waals surface area contributed by atoms with E-state index in [4.69, 9.17) is 15.2 Å². The molecule has 6 rings (SSSR count). The minimum absolute atomic E-state index is 0.195. The molecule has 4 fully saturated rings. The van der Waals surface area contributed by atoms with Gasteiger partial charge in [-0.2, -0.15) is 0 Å². The van der Waals surface area contributed by atoms with Crippen molar-refractivity contribution in [3.05, 3.63) is 59.7 Å². The number of methoxy groups -OCH3 is 2. The zero-order valence-electron chi connectivity index (χ0n) is 28.1. The van der Waals surface area contributed by atoms with Gasteiger partial charge < -0.3 is 45.9 Å². The van der Waals surface area contributed by atoms with Crippen LogP contribution in [-0.2, 0) is 24.0 Å². The number of fused-ring (bicyclic) bond motifs is 2. The van der Waals surface area contributed by atoms with Crippen molar-refractivity contribution in [3.8, 4) is 11.5 Å². The summed E-state index contributed by atoms with van der Waals surface area (Å²) < 4.78 is 9.17. The third-order valence-electron chi connectivity index (χ3n) is 9.03. The van der Waals surface area contributed by atoms with Crippen LogP contribution in [0, 0.1) is 0 Å². The molecule has 0 bridgehead atoms. The van der Waals surface area contributed by atoms with Crippen molar-refractivity contribution < 1.29 is 48.5 Å². The summed E-state index contributed by atoms with van der Waals surface area (Å²) in [5, 5.41) is 23.4. The van der Waals surface area contributed by atoms with Gasteiger partial charge in [-0.15, -0.1) is 23.5 Å². The number of amides is 4. The van der Waals surface area contributed by atoms with E-state index in [1.165, 1.54) is 47.5 Å². The van der Waals surface area contributed by atoms with E-state index in [1.54, 1.807) is 70.2 Å². The molecular formula is C33H39N5O10S2. The quantitative estimate of drug-likeness (QED) is 0.230. The van der Waals surface area contributed by atoms with Gasteiger partial charge >= 0.3 is 11.9 Å². The van der Waals surface area contributed by atoms with Crippen molar-refractivity contribution in [2.45, 2.75) is 78.1 Å². The number of aliphatic carboxylic acids is 2. The van der Waals surface area contributed by atoms with Gasteiger partial charge in [-0.1, -0.05) is 36.4 Å². The van der Waals surface area contributed by atoms with Crippen molar-refractivity contribution in [1.82, 2.24) is 20.4 Å². The number of rotatable bonds is 9. The molecule has 0 saturated carbocycles. The van der Waals surface area contributed by atoms with Gasteiger partial charge in [-0.3, -0.25) is 19.2 Å². The SMILES string of the molecule is CC1(C)S[C@@H]2[C@H](NC(=O)[C@H](N)c3ccccc3)C(=O)N2[C@H]1C(=O)O.COc1cccc(OC)c1C(=O)N[C@@H]1C(=O)N2[C@@H]1SC(C)(C)[C@@H]2C(=O)O. The van der Waals surface area contributed by atoms with Crippen LogP contribution in [0.2, 0.25) is 0 Å². The molecule has 0 unspecified atom stereocenters. The molecule has 0 aliphatic carbocycles. The second-order valence-electron chi connectivity index (χ2n) is 13.1. The van der Waals surface area contributed by atoms with Crippen LogP contribution >= 0.6 is 23.5 Å². The molecule has 2 aromatic carbocycles. The first kappa shape index (κ1) is 36.8. The molecule has 4 amide bonds. The highest BCUT2D eigenvalue weighted by molar-refractivity contribution is 8.02. The summed E-state index contributed by atoms with van der Waals surface area (Å²) in [7, 11) is 2.88. The molecule has 4 aliphatic heterocycles. The predicted molar refractivity (Wildman–Crippen MR) is 184 cm³/mol. The summed E-state index contributed by atoms with van der Waals surface area (Å²) in [6.07, 6.45) is 0. The van der Waals surface area contributed by atoms with Gasteiger partial charge in [-0.05, 0) is 45.4 Å². The highest BCUT2D eigenvalue weighted by atomic mass is 32.2. The number of nitrogens with zero attached hydrogens (tertiary/aromatic N) is 2. The van der Waals surface area contributed by atoms with E-state index in [9.17, 15) is 39.0 Å². The number of hydrogen-bond acceptors (Lipinski definition) is 11. The number of carboxylic acid groups (broad SMARTS) is 2. The first-order valence-electron chi connectivity index (χ1n) is 15.5. The molecule has 4 saturated heterocycles. The van der Waals surface area contributed by atoms with E-state index in [2.05, 4.69) is 10.6 Å². The lowest BCUT2D eigenvalue weighted by atomic mass is 9.95. The highest BCUT2D eigenvalue weighted by Crippen LogP contribution is 2.52. The smallest absolute Gasteiger partial charge is 0.327 e. The molecule has 6 N–H and O–H groups in total. The first-order chi connectivity index (χ1) is 23.5. The van der Waals surface area contributed by atoms with E-state index < -0.39 is 74.7 Å². The molecule has 268 valence electrons. The van der Waals surface area contributed by atoms with E-state index in [0.717, 1.165) is 0 Å². The van der Waals surface area contributed by atoms with E-state index in [0.29, 0.717) is 17.1 Å². The van der Waals surface area contributed by atoms with Crippen LogP contribution in [0.25, 0.3) is 0 Å². The minimum Gasteiger partial charge on any atom is -0.496 e. The predicted octanol–water partition coefficient (Wildman–Crippen LogP) is 1.27. The third kappa shape index (κ3) is 6.33. The van der Waals surface area contributed by atoms with Crippen LogP contribution in [0.15, 0.2) is 48.5 Å². The topological polar surface area (TPSA) is 218 Å². The zero-order valence-corrected chi connectivity index (χ0v) is 29.7. The van der Waals surface area contributed by atoms with E-state index in [1.807, 2.05) is 6.07 Å². The van der Waals surface area contributed by atoms with Crippen molar-refractivity contribution in [2.75, 3.05) is 14.2 Å². The second kappa shape index (κ2) is 13.7. The van der Waals surface area contributed by atoms with Crippen LogP contribution in [0.3, 0.4) is 0 Å². The monoisotopic (exact) mass is 729 g/mol. The zero-order chi connectivity index (χ0) is 36.9. The van der Waals surface area contributed by atoms with Crippen LogP contribution in [0.5, 0.6) is 11.5 Å². The Kier molecular flexibility index (Phi) is 10.1. The van der Waals surface area contributed by atoms with Gasteiger partial charge in [0.2, 0.25) is 17.7 Å². The Hall–Kier alpha value is -4.48. The number of benzene rings is 2. The Morgan fingerprint density at radius 3 is 1.62 bits per heavy atom. The second-order valence-corrected chi connectivity index (χ2v) is 16.6. The highest BCUT2D eigenvalue weighted by Gasteiger charge is 2.65. The number of hydrogen-bond donors (Lipinski definition) is 5. The maximum absolute atomic E-state index is 12.8. The van der Waals surface area contributed by atoms with Gasteiger partial charge in [0.05, 0.1) is 14.2 Å². The van der Waals surface area contributed by atoms with E-state index >= 15 is 0 Å². The van der Waals surface area contributed by atoms with Crippen molar-refractivity contribution in [2.24, 2.45) is 5.73 Å². The fraction of sp³-hybridized carbons (Fsp3) is 0.455. The Labute approximate surface area is 296 Å². The summed E-state index contributed by atoms with van der Waals surface area (Å²) in [6, 6.07) is 9.61. The number of nitrogens with two attached hydrogens (primary N) is 1. The van der Waals surface area contributed by atoms with Gasteiger partial charge in [0.25, 0.3) is 5.91 Å². The molecule has 7 atom stereocenters. The summed E-state index contributed by atoms with van der Waals surface area (Å²) in [5.74, 6) is -3.15. The van der Waals surface area contributed by atoms with Crippen LogP contribution < -0.4 is 25.8 Å². The normalized spacial score (nSPS) is 27.3. The fourth-order valence-electron chi connectivity index (χ4n) is 6.63. The lowest BCUT2D eigenvalue weighted by Gasteiger charge is -2.43. The Morgan fingerprint density at radius 1 is 0.760 bits per heavy atom. The maximum atomic E-state index is 12.8. The number of β-lactam (4-membered cyclic amide) rings is 2. The molecule has 4 aliphatic rings. The molecule has 15 nitrogen and oxygen atoms in total. The van der Waals surface area contributed by atoms with Gasteiger partial charge in [0.1, 0.15) is 58.0 Å². The fourth-order valence-corrected chi connectivity index (χ4v) is 9.88. The number of ether oxygens (including phenoxy) is 2. The Morgan fingerprint density at radius 2 is 1.20 bits per heavy atom. The summed E-state index contributed by atoms with van der Waals surface area (Å²) in [6.45, 7) is 7.14. The number of carboxylic acids is 2. The number of carbonyl (C=O) groups is 6. The standard InChI is InChI=1S/C17H20N2O6S.C16H19N3O4S/c1-17(2)12(16(22)23)19-14(21)11(15(19)26-17)18-13(20)10-8(24-3)6-5-7-9(10)25-4;1-16(2)11(15(22)23)19-13(21)10(14(19)24-16)18-12(20)9(17)8-6-4-3-5-7-8/h5-7,11-12,15H,1-4H3,(H,18,20)(H,22,23);3-7,9-11,14H,17H2,1-2H3,(H,18,20)(H,22,23)/t11-,12+,15-;9-,10-,11+,14-/m11/s1. The van der Waals surface area contributed by atoms with E-state index in [-0.39, 0.29) is 16.8 Å². The van der Waals surface area contributed by atoms with Gasteiger partial charge in [0, 0.05) is 9.49 Å². The minimum atomic E-state index is -1.05. The molecule has 0 spiro atoms. The van der Waals surface area contributed by atoms with Gasteiger partial charge in [-0.25, -0.2) is 9.59 Å². The average molecular weight is 730 g/mol. The molecule has 0 aromatic heterocycles. The third-order valence-corrected chi connectivity index (χ3v) is 12.2. The maximum Gasteiger partial charge on any atom is 0.327 e. The first-order valence-corrected chi connectivity index (χ1v) is 17.3. The summed E-state index contributed by atoms with van der Waals surface area (Å²) >= 11 is 2.75.